The summed E-state index contributed by atoms with van der Waals surface area (Å²) >= 11 is 4.34. The SMILES string of the molecule is CCCCCCCCOc1cc(/C=C2\S/C(=N/S(=O)(=O)c3ccc(Br)cc3)N(CC)C2=O)ccc1OC. The predicted octanol–water partition coefficient (Wildman–Crippen LogP) is 6.88. The van der Waals surface area contributed by atoms with Crippen LogP contribution in [0.2, 0.25) is 0 Å². The summed E-state index contributed by atoms with van der Waals surface area (Å²) in [4.78, 5) is 14.9. The summed E-state index contributed by atoms with van der Waals surface area (Å²) in [5, 5.41) is 0.134. The van der Waals surface area contributed by atoms with Crippen LogP contribution in [0.4, 0.5) is 0 Å². The minimum absolute atomic E-state index is 0.0621. The third-order valence-electron chi connectivity index (χ3n) is 5.75. The zero-order chi connectivity index (χ0) is 26.8. The van der Waals surface area contributed by atoms with E-state index in [4.69, 9.17) is 9.47 Å². The van der Waals surface area contributed by atoms with Crippen LogP contribution in [-0.2, 0) is 14.8 Å². The number of hydrogen-bond donors (Lipinski definition) is 0. The Kier molecular flexibility index (Phi) is 11.1. The van der Waals surface area contributed by atoms with Crippen molar-refractivity contribution >= 4 is 54.9 Å². The lowest BCUT2D eigenvalue weighted by Crippen LogP contribution is -2.29. The number of ether oxygens (including phenoxy) is 2. The van der Waals surface area contributed by atoms with Gasteiger partial charge in [0, 0.05) is 11.0 Å². The van der Waals surface area contributed by atoms with Gasteiger partial charge in [-0.15, -0.1) is 4.40 Å². The Labute approximate surface area is 232 Å². The molecule has 2 aromatic rings. The van der Waals surface area contributed by atoms with Gasteiger partial charge in [-0.2, -0.15) is 8.42 Å². The van der Waals surface area contributed by atoms with E-state index in [0.717, 1.165) is 34.6 Å². The minimum atomic E-state index is -3.97. The number of sulfonamides is 1. The molecule has 1 aliphatic rings. The molecule has 1 fully saturated rings. The molecule has 0 N–H and O–H groups in total. The molecule has 7 nitrogen and oxygen atoms in total. The largest absolute Gasteiger partial charge is 0.493 e. The average Bonchev–Trinajstić information content (AvgIpc) is 3.16. The third kappa shape index (κ3) is 8.09. The lowest BCUT2D eigenvalue weighted by molar-refractivity contribution is -0.122. The zero-order valence-electron chi connectivity index (χ0n) is 21.4. The second kappa shape index (κ2) is 14.0. The molecule has 10 heteroatoms. The fourth-order valence-corrected chi connectivity index (χ4v) is 6.24. The maximum absolute atomic E-state index is 13.0. The number of carbonyl (C=O) groups is 1. The first kappa shape index (κ1) is 29.3. The Morgan fingerprint density at radius 1 is 1.00 bits per heavy atom. The van der Waals surface area contributed by atoms with Crippen molar-refractivity contribution in [3.63, 3.8) is 0 Å². The van der Waals surface area contributed by atoms with Crippen molar-refractivity contribution in [2.24, 2.45) is 4.40 Å². The molecule has 200 valence electrons. The van der Waals surface area contributed by atoms with E-state index < -0.39 is 10.0 Å². The van der Waals surface area contributed by atoms with Crippen LogP contribution in [0.15, 0.2) is 61.1 Å². The van der Waals surface area contributed by atoms with E-state index >= 15 is 0 Å². The van der Waals surface area contributed by atoms with E-state index in [1.165, 1.54) is 42.7 Å². The van der Waals surface area contributed by atoms with Crippen LogP contribution in [0.5, 0.6) is 11.5 Å². The number of hydrogen-bond acceptors (Lipinski definition) is 6. The highest BCUT2D eigenvalue weighted by Gasteiger charge is 2.34. The first-order valence-corrected chi connectivity index (χ1v) is 15.5. The van der Waals surface area contributed by atoms with Gasteiger partial charge in [0.15, 0.2) is 16.7 Å². The van der Waals surface area contributed by atoms with Gasteiger partial charge in [-0.3, -0.25) is 9.69 Å². The molecule has 0 spiro atoms. The molecule has 0 aromatic heterocycles. The number of amidine groups is 1. The summed E-state index contributed by atoms with van der Waals surface area (Å²) in [6.07, 6.45) is 8.75. The number of likely N-dealkylation sites (N-methyl/N-ethyl adjacent to an activating group) is 1. The fraction of sp³-hybridized carbons (Fsp3) is 0.407. The average molecular weight is 610 g/mol. The first-order valence-electron chi connectivity index (χ1n) is 12.4. The van der Waals surface area contributed by atoms with Crippen molar-refractivity contribution < 1.29 is 22.7 Å². The van der Waals surface area contributed by atoms with Crippen molar-refractivity contribution in [3.8, 4) is 11.5 Å². The lowest BCUT2D eigenvalue weighted by atomic mass is 10.1. The molecule has 1 aliphatic heterocycles. The number of rotatable bonds is 13. The number of carbonyl (C=O) groups excluding carboxylic acids is 1. The van der Waals surface area contributed by atoms with E-state index in [1.54, 1.807) is 38.3 Å². The maximum atomic E-state index is 13.0. The molecule has 1 saturated heterocycles. The summed E-state index contributed by atoms with van der Waals surface area (Å²) in [6, 6.07) is 11.7. The molecule has 2 aromatic carbocycles. The molecule has 0 atom stereocenters. The highest BCUT2D eigenvalue weighted by molar-refractivity contribution is 9.10. The number of thioether (sulfide) groups is 1. The molecular formula is C27H33BrN2O5S2. The van der Waals surface area contributed by atoms with Gasteiger partial charge in [0.05, 0.1) is 23.5 Å². The number of benzene rings is 2. The van der Waals surface area contributed by atoms with Gasteiger partial charge in [0.1, 0.15) is 0 Å². The van der Waals surface area contributed by atoms with E-state index in [-0.39, 0.29) is 16.0 Å². The maximum Gasteiger partial charge on any atom is 0.284 e. The van der Waals surface area contributed by atoms with E-state index in [0.29, 0.717) is 29.6 Å². The van der Waals surface area contributed by atoms with Gasteiger partial charge in [0.2, 0.25) is 0 Å². The van der Waals surface area contributed by atoms with Crippen LogP contribution in [0, 0.1) is 0 Å². The molecule has 1 amide bonds. The highest BCUT2D eigenvalue weighted by atomic mass is 79.9. The van der Waals surface area contributed by atoms with E-state index in [1.807, 2.05) is 12.1 Å². The molecule has 0 bridgehead atoms. The van der Waals surface area contributed by atoms with Gasteiger partial charge in [0.25, 0.3) is 15.9 Å². The van der Waals surface area contributed by atoms with Gasteiger partial charge in [-0.25, -0.2) is 0 Å². The Bertz CT molecular complexity index is 1240. The van der Waals surface area contributed by atoms with Gasteiger partial charge < -0.3 is 9.47 Å². The van der Waals surface area contributed by atoms with Crippen LogP contribution in [-0.4, -0.2) is 44.7 Å². The molecule has 0 radical (unpaired) electrons. The van der Waals surface area contributed by atoms with Crippen molar-refractivity contribution in [2.75, 3.05) is 20.3 Å². The van der Waals surface area contributed by atoms with Crippen molar-refractivity contribution in [1.29, 1.82) is 0 Å². The number of methoxy groups -OCH3 is 1. The van der Waals surface area contributed by atoms with Crippen LogP contribution in [0.1, 0.15) is 57.9 Å². The highest BCUT2D eigenvalue weighted by Crippen LogP contribution is 2.35. The topological polar surface area (TPSA) is 85.3 Å². The van der Waals surface area contributed by atoms with Crippen LogP contribution in [0.25, 0.3) is 6.08 Å². The smallest absolute Gasteiger partial charge is 0.284 e. The summed E-state index contributed by atoms with van der Waals surface area (Å²) < 4.78 is 41.9. The Morgan fingerprint density at radius 3 is 2.38 bits per heavy atom. The summed E-state index contributed by atoms with van der Waals surface area (Å²) in [5.41, 5.74) is 0.752. The normalized spacial score (nSPS) is 16.1. The molecular weight excluding hydrogens is 576 g/mol. The third-order valence-corrected chi connectivity index (χ3v) is 8.69. The molecule has 0 unspecified atom stereocenters. The van der Waals surface area contributed by atoms with Crippen molar-refractivity contribution in [3.05, 3.63) is 57.4 Å². The molecule has 1 heterocycles. The van der Waals surface area contributed by atoms with Crippen molar-refractivity contribution in [2.45, 2.75) is 57.3 Å². The van der Waals surface area contributed by atoms with Crippen LogP contribution < -0.4 is 9.47 Å². The first-order chi connectivity index (χ1) is 17.8. The van der Waals surface area contributed by atoms with Gasteiger partial charge >= 0.3 is 0 Å². The van der Waals surface area contributed by atoms with E-state index in [2.05, 4.69) is 27.3 Å². The van der Waals surface area contributed by atoms with Gasteiger partial charge in [-0.1, -0.05) is 61.0 Å². The second-order valence-electron chi connectivity index (χ2n) is 8.49. The van der Waals surface area contributed by atoms with Crippen molar-refractivity contribution in [1.82, 2.24) is 4.90 Å². The van der Waals surface area contributed by atoms with Crippen LogP contribution in [0.3, 0.4) is 0 Å². The Morgan fingerprint density at radius 2 is 1.70 bits per heavy atom. The Hall–Kier alpha value is -2.30. The Balaban J connectivity index is 1.77. The molecule has 0 saturated carbocycles. The van der Waals surface area contributed by atoms with Crippen LogP contribution >= 0.6 is 27.7 Å². The molecule has 3 rings (SSSR count). The number of nitrogens with zero attached hydrogens (tertiary/aromatic N) is 2. The second-order valence-corrected chi connectivity index (χ2v) is 12.0. The predicted molar refractivity (Wildman–Crippen MR) is 154 cm³/mol. The van der Waals surface area contributed by atoms with Gasteiger partial charge in [-0.05, 0) is 73.1 Å². The summed E-state index contributed by atoms with van der Waals surface area (Å²) in [5.74, 6) is 0.944. The van der Waals surface area contributed by atoms with E-state index in [9.17, 15) is 13.2 Å². The molecule has 0 aliphatic carbocycles. The number of halogens is 1. The monoisotopic (exact) mass is 608 g/mol. The summed E-state index contributed by atoms with van der Waals surface area (Å²) in [6.45, 7) is 4.87. The summed E-state index contributed by atoms with van der Waals surface area (Å²) in [7, 11) is -2.38. The number of unbranched alkanes of at least 4 members (excludes halogenated alkanes) is 5. The number of amides is 1. The minimum Gasteiger partial charge on any atom is -0.493 e. The quantitative estimate of drug-likeness (QED) is 0.182. The fourth-order valence-electron chi connectivity index (χ4n) is 3.73. The lowest BCUT2D eigenvalue weighted by Gasteiger charge is -2.12. The standard InChI is InChI=1S/C27H33BrN2O5S2/c1-4-6-7-8-9-10-17-35-24-18-20(11-16-23(24)34-3)19-25-26(31)30(5-2)27(36-25)29-37(32,33)22-14-12-21(28)13-15-22/h11-16,18-19H,4-10,17H2,1-3H3/b25-19-,29-27+. The molecule has 37 heavy (non-hydrogen) atoms. The zero-order valence-corrected chi connectivity index (χ0v) is 24.6.